The molecule has 1 aromatic rings. The van der Waals surface area contributed by atoms with Crippen LogP contribution in [0.3, 0.4) is 0 Å². The molecule has 238 valence electrons. The third-order valence-electron chi connectivity index (χ3n) is 5.22. The number of hydrogen-bond acceptors (Lipinski definition) is 9. The summed E-state index contributed by atoms with van der Waals surface area (Å²) < 4.78 is 81.5. The number of carbonyl (C=O) groups is 4. The van der Waals surface area contributed by atoms with Crippen LogP contribution < -0.4 is 11.1 Å². The quantitative estimate of drug-likeness (QED) is 0.117. The summed E-state index contributed by atoms with van der Waals surface area (Å²) in [4.78, 5) is 45.0. The lowest BCUT2D eigenvalue weighted by molar-refractivity contribution is -0.144. The fraction of sp³-hybridized carbons (Fsp3) is 0.385. The lowest BCUT2D eigenvalue weighted by Gasteiger charge is -2.33. The molecule has 0 aromatic heterocycles. The summed E-state index contributed by atoms with van der Waals surface area (Å²) in [5.41, 5.74) is 1.05. The van der Waals surface area contributed by atoms with Gasteiger partial charge < -0.3 is 30.7 Å². The van der Waals surface area contributed by atoms with Gasteiger partial charge in [-0.25, -0.2) is 28.0 Å². The summed E-state index contributed by atoms with van der Waals surface area (Å²) in [6.07, 6.45) is -4.78. The number of carboxylic acid groups (broad SMARTS) is 2. The van der Waals surface area contributed by atoms with Crippen LogP contribution in [-0.4, -0.2) is 72.0 Å². The van der Waals surface area contributed by atoms with Gasteiger partial charge in [0.15, 0.2) is 0 Å². The molecular weight excluding hydrogens is 631 g/mol. The van der Waals surface area contributed by atoms with Crippen LogP contribution in [0.15, 0.2) is 46.8 Å². The Morgan fingerprint density at radius 1 is 1.09 bits per heavy atom. The number of carboxylic acids is 2. The number of dihydropyridines is 1. The number of carbonyl (C=O) groups excluding carboxylic acids is 2. The SMILES string of the molecule is COC(=O)C1=C(CF)NC(CSCCN)=C(C(=O)OC(C)C)C1c1c(F)ccc(Cl)c1C(F)(F)F.O=C(O)C=CC(=O)O. The number of thioether (sulfide) groups is 1. The number of benzene rings is 1. The zero-order chi connectivity index (χ0) is 33.1. The highest BCUT2D eigenvalue weighted by atomic mass is 35.5. The lowest BCUT2D eigenvalue weighted by Crippen LogP contribution is -2.37. The maximum atomic E-state index is 15.2. The fourth-order valence-corrected chi connectivity index (χ4v) is 4.74. The van der Waals surface area contributed by atoms with Crippen LogP contribution in [0.5, 0.6) is 0 Å². The van der Waals surface area contributed by atoms with E-state index in [9.17, 15) is 36.7 Å². The monoisotopic (exact) mass is 658 g/mol. The molecule has 1 aromatic carbocycles. The van der Waals surface area contributed by atoms with Crippen molar-refractivity contribution in [3.63, 3.8) is 0 Å². The van der Waals surface area contributed by atoms with E-state index < -0.39 is 87.6 Å². The standard InChI is InChI=1S/C22H24ClF5N2O4S.C4H4O4/c1-10(2)34-21(32)17-14(9-35-7-6-29)30-13(8-24)16(20(31)33-3)18(17)15-12(25)5-4-11(23)19(15)22(26,27)28;5-3(6)1-2-4(7)8/h4-5,10,18,30H,6-9,29H2,1-3H3;1-2H,(H,5,6)(H,7,8). The Hall–Kier alpha value is -3.63. The van der Waals surface area contributed by atoms with E-state index >= 15 is 4.39 Å². The first kappa shape index (κ1) is 37.4. The minimum Gasteiger partial charge on any atom is -0.478 e. The van der Waals surface area contributed by atoms with E-state index in [-0.39, 0.29) is 18.0 Å². The number of hydrogen-bond donors (Lipinski definition) is 4. The Labute approximate surface area is 251 Å². The average Bonchev–Trinajstić information content (AvgIpc) is 2.91. The number of allylic oxidation sites excluding steroid dienone is 1. The second-order valence-electron chi connectivity index (χ2n) is 8.59. The van der Waals surface area contributed by atoms with E-state index in [1.165, 1.54) is 25.6 Å². The van der Waals surface area contributed by atoms with Gasteiger partial charge >= 0.3 is 30.1 Å². The predicted molar refractivity (Wildman–Crippen MR) is 146 cm³/mol. The summed E-state index contributed by atoms with van der Waals surface area (Å²) in [5, 5.41) is 17.4. The molecule has 1 aliphatic rings. The molecule has 0 aliphatic carbocycles. The van der Waals surface area contributed by atoms with Crippen molar-refractivity contribution in [3.05, 3.63) is 68.8 Å². The number of nitrogens with one attached hydrogen (secondary N) is 1. The van der Waals surface area contributed by atoms with E-state index in [2.05, 4.69) is 10.1 Å². The summed E-state index contributed by atoms with van der Waals surface area (Å²) in [6.45, 7) is 1.89. The van der Waals surface area contributed by atoms with Crippen molar-refractivity contribution in [2.45, 2.75) is 32.0 Å². The molecule has 1 unspecified atom stereocenters. The van der Waals surface area contributed by atoms with Gasteiger partial charge in [-0.2, -0.15) is 24.9 Å². The molecule has 17 heteroatoms. The molecule has 0 amide bonds. The number of esters is 2. The molecule has 1 heterocycles. The molecule has 1 atom stereocenters. The van der Waals surface area contributed by atoms with Crippen LogP contribution in [0.1, 0.15) is 30.9 Å². The van der Waals surface area contributed by atoms with Crippen molar-refractivity contribution in [2.24, 2.45) is 5.73 Å². The van der Waals surface area contributed by atoms with Crippen molar-refractivity contribution < 1.29 is 60.8 Å². The summed E-state index contributed by atoms with van der Waals surface area (Å²) >= 11 is 7.01. The minimum absolute atomic E-state index is 0.0439. The average molecular weight is 659 g/mol. The zero-order valence-corrected chi connectivity index (χ0v) is 24.5. The van der Waals surface area contributed by atoms with Gasteiger partial charge in [-0.15, -0.1) is 0 Å². The Morgan fingerprint density at radius 3 is 2.09 bits per heavy atom. The van der Waals surface area contributed by atoms with Crippen molar-refractivity contribution in [2.75, 3.05) is 31.8 Å². The number of methoxy groups -OCH3 is 1. The maximum Gasteiger partial charge on any atom is 0.418 e. The highest BCUT2D eigenvalue weighted by Crippen LogP contribution is 2.48. The number of nitrogens with two attached hydrogens (primary N) is 1. The van der Waals surface area contributed by atoms with Crippen LogP contribution in [0.4, 0.5) is 22.0 Å². The predicted octanol–water partition coefficient (Wildman–Crippen LogP) is 4.19. The zero-order valence-electron chi connectivity index (χ0n) is 22.9. The van der Waals surface area contributed by atoms with Crippen molar-refractivity contribution in [1.82, 2.24) is 5.32 Å². The number of rotatable bonds is 11. The summed E-state index contributed by atoms with van der Waals surface area (Å²) in [7, 11) is 0.920. The third-order valence-corrected chi connectivity index (χ3v) is 6.55. The summed E-state index contributed by atoms with van der Waals surface area (Å²) in [6, 6.07) is 1.38. The number of alkyl halides is 4. The molecule has 2 rings (SSSR count). The normalized spacial score (nSPS) is 15.2. The smallest absolute Gasteiger partial charge is 0.418 e. The Kier molecular flexibility index (Phi) is 14.7. The Balaban J connectivity index is 0.00000101. The summed E-state index contributed by atoms with van der Waals surface area (Å²) in [5.74, 6) is -7.97. The first-order valence-electron chi connectivity index (χ1n) is 12.1. The van der Waals surface area contributed by atoms with Crippen molar-refractivity contribution >= 4 is 47.2 Å². The van der Waals surface area contributed by atoms with Crippen molar-refractivity contribution in [3.8, 4) is 0 Å². The molecule has 0 radical (unpaired) electrons. The van der Waals surface area contributed by atoms with Crippen LogP contribution >= 0.6 is 23.4 Å². The van der Waals surface area contributed by atoms with E-state index in [1.54, 1.807) is 0 Å². The number of halogens is 6. The van der Waals surface area contributed by atoms with Gasteiger partial charge in [0.25, 0.3) is 0 Å². The molecule has 10 nitrogen and oxygen atoms in total. The van der Waals surface area contributed by atoms with Gasteiger partial charge in [0.1, 0.15) is 12.5 Å². The molecule has 0 fully saturated rings. The van der Waals surface area contributed by atoms with E-state index in [1.807, 2.05) is 0 Å². The molecule has 0 spiro atoms. The second-order valence-corrected chi connectivity index (χ2v) is 10.1. The molecule has 5 N–H and O–H groups in total. The fourth-order valence-electron chi connectivity index (χ4n) is 3.73. The van der Waals surface area contributed by atoms with Gasteiger partial charge in [-0.05, 0) is 26.0 Å². The van der Waals surface area contributed by atoms with Gasteiger partial charge in [-0.3, -0.25) is 0 Å². The molecule has 43 heavy (non-hydrogen) atoms. The number of ether oxygens (including phenoxy) is 2. The van der Waals surface area contributed by atoms with Crippen molar-refractivity contribution in [1.29, 1.82) is 0 Å². The molecular formula is C26H28ClF5N2O8S. The Morgan fingerprint density at radius 2 is 1.65 bits per heavy atom. The van der Waals surface area contributed by atoms with Gasteiger partial charge in [-0.1, -0.05) is 11.6 Å². The largest absolute Gasteiger partial charge is 0.478 e. The topological polar surface area (TPSA) is 165 Å². The van der Waals surface area contributed by atoms with E-state index in [0.29, 0.717) is 30.0 Å². The molecule has 0 saturated heterocycles. The maximum absolute atomic E-state index is 15.2. The molecule has 1 aliphatic heterocycles. The molecule has 0 saturated carbocycles. The van der Waals surface area contributed by atoms with E-state index in [4.69, 9.17) is 32.3 Å². The van der Waals surface area contributed by atoms with E-state index in [0.717, 1.165) is 7.11 Å². The van der Waals surface area contributed by atoms with Crippen LogP contribution in [0.25, 0.3) is 0 Å². The molecule has 0 bridgehead atoms. The third kappa shape index (κ3) is 10.5. The van der Waals surface area contributed by atoms with Gasteiger partial charge in [0.05, 0.1) is 46.6 Å². The highest BCUT2D eigenvalue weighted by Gasteiger charge is 2.47. The van der Waals surface area contributed by atoms with Crippen LogP contribution in [0.2, 0.25) is 5.02 Å². The first-order valence-corrected chi connectivity index (χ1v) is 13.6. The van der Waals surface area contributed by atoms with Gasteiger partial charge in [0.2, 0.25) is 0 Å². The lowest BCUT2D eigenvalue weighted by atomic mass is 9.78. The Bertz CT molecular complexity index is 1300. The first-order chi connectivity index (χ1) is 20.0. The minimum atomic E-state index is -5.18. The van der Waals surface area contributed by atoms with Crippen LogP contribution in [0, 0.1) is 5.82 Å². The van der Waals surface area contributed by atoms with Gasteiger partial charge in [0, 0.05) is 41.5 Å². The second kappa shape index (κ2) is 16.9. The van der Waals surface area contributed by atoms with Crippen LogP contribution in [-0.2, 0) is 34.8 Å². The highest BCUT2D eigenvalue weighted by molar-refractivity contribution is 7.99. The number of aliphatic carboxylic acids is 2.